The number of hydrogen-bond donors (Lipinski definition) is 0. The summed E-state index contributed by atoms with van der Waals surface area (Å²) in [4.78, 5) is 10.3. The lowest BCUT2D eigenvalue weighted by atomic mass is 9.98. The molecule has 0 fully saturated rings. The van der Waals surface area contributed by atoms with Gasteiger partial charge in [-0.1, -0.05) is 25.2 Å². The molecule has 0 N–H and O–H groups in total. The standard InChI is InChI=1S/C11H18O/c1-9(2)6-5-7-10(3)11(4)8-12/h6,8,10H,4-5,7H2,1-3H3/t10-/m0/s1. The van der Waals surface area contributed by atoms with Crippen molar-refractivity contribution in [1.29, 1.82) is 0 Å². The third kappa shape index (κ3) is 4.89. The van der Waals surface area contributed by atoms with Crippen molar-refractivity contribution in [2.45, 2.75) is 33.6 Å². The molecule has 0 aromatic carbocycles. The average molecular weight is 166 g/mol. The zero-order valence-electron chi connectivity index (χ0n) is 8.26. The summed E-state index contributed by atoms with van der Waals surface area (Å²) in [6.45, 7) is 9.88. The van der Waals surface area contributed by atoms with Crippen LogP contribution in [0.1, 0.15) is 33.6 Å². The van der Waals surface area contributed by atoms with E-state index in [2.05, 4.69) is 26.5 Å². The summed E-state index contributed by atoms with van der Waals surface area (Å²) in [5, 5.41) is 0. The van der Waals surface area contributed by atoms with E-state index in [1.807, 2.05) is 6.92 Å². The monoisotopic (exact) mass is 166 g/mol. The van der Waals surface area contributed by atoms with Crippen molar-refractivity contribution in [3.8, 4) is 0 Å². The number of aldehydes is 1. The van der Waals surface area contributed by atoms with Crippen molar-refractivity contribution < 1.29 is 4.79 Å². The van der Waals surface area contributed by atoms with Gasteiger partial charge in [0.1, 0.15) is 6.29 Å². The van der Waals surface area contributed by atoms with Crippen LogP contribution in [0.25, 0.3) is 0 Å². The second-order valence-corrected chi connectivity index (χ2v) is 3.45. The van der Waals surface area contributed by atoms with E-state index in [0.717, 1.165) is 19.1 Å². The summed E-state index contributed by atoms with van der Waals surface area (Å²) in [7, 11) is 0. The minimum atomic E-state index is 0.318. The Morgan fingerprint density at radius 2 is 2.08 bits per heavy atom. The average Bonchev–Trinajstić information content (AvgIpc) is 2.02. The Hall–Kier alpha value is -0.850. The quantitative estimate of drug-likeness (QED) is 0.348. The predicted octanol–water partition coefficient (Wildman–Crippen LogP) is 3.12. The maximum atomic E-state index is 10.3. The van der Waals surface area contributed by atoms with Crippen LogP contribution in [0, 0.1) is 5.92 Å². The largest absolute Gasteiger partial charge is 0.298 e. The molecule has 0 saturated heterocycles. The van der Waals surface area contributed by atoms with Crippen LogP contribution >= 0.6 is 0 Å². The van der Waals surface area contributed by atoms with Gasteiger partial charge in [0.2, 0.25) is 0 Å². The predicted molar refractivity (Wildman–Crippen MR) is 53.0 cm³/mol. The Morgan fingerprint density at radius 1 is 1.50 bits per heavy atom. The molecule has 1 atom stereocenters. The van der Waals surface area contributed by atoms with E-state index in [4.69, 9.17) is 0 Å². The van der Waals surface area contributed by atoms with Crippen molar-refractivity contribution in [2.24, 2.45) is 5.92 Å². The lowest BCUT2D eigenvalue weighted by Crippen LogP contribution is -1.98. The van der Waals surface area contributed by atoms with E-state index in [9.17, 15) is 4.79 Å². The van der Waals surface area contributed by atoms with Crippen LogP contribution in [-0.4, -0.2) is 6.29 Å². The van der Waals surface area contributed by atoms with E-state index < -0.39 is 0 Å². The fourth-order valence-electron chi connectivity index (χ4n) is 0.924. The van der Waals surface area contributed by atoms with E-state index in [1.165, 1.54) is 5.57 Å². The number of rotatable bonds is 5. The highest BCUT2D eigenvalue weighted by Crippen LogP contribution is 2.13. The van der Waals surface area contributed by atoms with Crippen molar-refractivity contribution in [2.75, 3.05) is 0 Å². The fourth-order valence-corrected chi connectivity index (χ4v) is 0.924. The molecule has 0 radical (unpaired) electrons. The first-order valence-electron chi connectivity index (χ1n) is 4.35. The van der Waals surface area contributed by atoms with Crippen LogP contribution in [0.4, 0.5) is 0 Å². The molecule has 0 aliphatic rings. The van der Waals surface area contributed by atoms with Crippen molar-refractivity contribution in [1.82, 2.24) is 0 Å². The van der Waals surface area contributed by atoms with Crippen molar-refractivity contribution in [3.63, 3.8) is 0 Å². The van der Waals surface area contributed by atoms with Gasteiger partial charge in [0.25, 0.3) is 0 Å². The summed E-state index contributed by atoms with van der Waals surface area (Å²) in [5.41, 5.74) is 2.04. The molecule has 0 aliphatic heterocycles. The minimum absolute atomic E-state index is 0.318. The molecule has 0 aromatic rings. The Bertz CT molecular complexity index is 185. The molecule has 0 rings (SSSR count). The van der Waals surface area contributed by atoms with E-state index >= 15 is 0 Å². The number of carbonyl (C=O) groups is 1. The second-order valence-electron chi connectivity index (χ2n) is 3.45. The fraction of sp³-hybridized carbons (Fsp3) is 0.545. The highest BCUT2D eigenvalue weighted by Gasteiger charge is 2.03. The Morgan fingerprint density at radius 3 is 2.50 bits per heavy atom. The molecule has 12 heavy (non-hydrogen) atoms. The van der Waals surface area contributed by atoms with Crippen LogP contribution in [0.5, 0.6) is 0 Å². The van der Waals surface area contributed by atoms with Crippen LogP contribution in [-0.2, 0) is 4.79 Å². The van der Waals surface area contributed by atoms with Gasteiger partial charge >= 0.3 is 0 Å². The summed E-state index contributed by atoms with van der Waals surface area (Å²) in [6.07, 6.45) is 5.10. The van der Waals surface area contributed by atoms with Crippen molar-refractivity contribution in [3.05, 3.63) is 23.8 Å². The molecule has 0 aromatic heterocycles. The summed E-state index contributed by atoms with van der Waals surface area (Å²) in [6, 6.07) is 0. The molecular formula is C11H18O. The maximum Gasteiger partial charge on any atom is 0.145 e. The Balaban J connectivity index is 3.71. The summed E-state index contributed by atoms with van der Waals surface area (Å²) in [5.74, 6) is 0.318. The molecule has 0 aliphatic carbocycles. The van der Waals surface area contributed by atoms with E-state index in [0.29, 0.717) is 11.5 Å². The first-order chi connectivity index (χ1) is 5.57. The number of allylic oxidation sites excluding steroid dienone is 3. The minimum Gasteiger partial charge on any atom is -0.298 e. The molecule has 1 nitrogen and oxygen atoms in total. The van der Waals surface area contributed by atoms with Gasteiger partial charge in [0.05, 0.1) is 0 Å². The van der Waals surface area contributed by atoms with Gasteiger partial charge < -0.3 is 0 Å². The highest BCUT2D eigenvalue weighted by molar-refractivity contribution is 5.72. The highest BCUT2D eigenvalue weighted by atomic mass is 16.1. The topological polar surface area (TPSA) is 17.1 Å². The van der Waals surface area contributed by atoms with Crippen LogP contribution < -0.4 is 0 Å². The van der Waals surface area contributed by atoms with Crippen LogP contribution in [0.2, 0.25) is 0 Å². The third-order valence-corrected chi connectivity index (χ3v) is 1.94. The molecule has 0 unspecified atom stereocenters. The zero-order chi connectivity index (χ0) is 9.56. The number of carbonyl (C=O) groups excluding carboxylic acids is 1. The van der Waals surface area contributed by atoms with Gasteiger partial charge in [-0.15, -0.1) is 0 Å². The summed E-state index contributed by atoms with van der Waals surface area (Å²) < 4.78 is 0. The first kappa shape index (κ1) is 11.2. The van der Waals surface area contributed by atoms with Gasteiger partial charge in [0, 0.05) is 0 Å². The molecule has 1 heteroatoms. The lowest BCUT2D eigenvalue weighted by molar-refractivity contribution is -0.105. The van der Waals surface area contributed by atoms with Gasteiger partial charge in [-0.2, -0.15) is 0 Å². The molecule has 0 heterocycles. The normalized spacial score (nSPS) is 11.9. The SMILES string of the molecule is C=C(C=O)[C@@H](C)CCC=C(C)C. The summed E-state index contributed by atoms with van der Waals surface area (Å²) >= 11 is 0. The van der Waals surface area contributed by atoms with Crippen molar-refractivity contribution >= 4 is 6.29 Å². The molecule has 0 spiro atoms. The molecule has 0 bridgehead atoms. The molecule has 0 saturated carbocycles. The second kappa shape index (κ2) is 5.76. The smallest absolute Gasteiger partial charge is 0.145 e. The van der Waals surface area contributed by atoms with Gasteiger partial charge in [-0.05, 0) is 38.2 Å². The Labute approximate surface area is 75.2 Å². The van der Waals surface area contributed by atoms with E-state index in [1.54, 1.807) is 0 Å². The molecular weight excluding hydrogens is 148 g/mol. The number of hydrogen-bond acceptors (Lipinski definition) is 1. The van der Waals surface area contributed by atoms with Gasteiger partial charge in [0.15, 0.2) is 0 Å². The van der Waals surface area contributed by atoms with Crippen LogP contribution in [0.15, 0.2) is 23.8 Å². The molecule has 0 amide bonds. The van der Waals surface area contributed by atoms with E-state index in [-0.39, 0.29) is 0 Å². The molecule has 68 valence electrons. The van der Waals surface area contributed by atoms with Gasteiger partial charge in [-0.25, -0.2) is 0 Å². The van der Waals surface area contributed by atoms with Gasteiger partial charge in [-0.3, -0.25) is 4.79 Å². The first-order valence-corrected chi connectivity index (χ1v) is 4.35. The Kier molecular flexibility index (Phi) is 5.35. The lowest BCUT2D eigenvalue weighted by Gasteiger charge is -2.07. The zero-order valence-corrected chi connectivity index (χ0v) is 8.26. The maximum absolute atomic E-state index is 10.3. The third-order valence-electron chi connectivity index (χ3n) is 1.94. The van der Waals surface area contributed by atoms with Crippen LogP contribution in [0.3, 0.4) is 0 Å².